The highest BCUT2D eigenvalue weighted by Crippen LogP contribution is 2.46. The number of aromatic nitrogens is 2. The van der Waals surface area contributed by atoms with E-state index >= 15 is 0 Å². The monoisotopic (exact) mass is 434 g/mol. The van der Waals surface area contributed by atoms with Crippen molar-refractivity contribution in [1.82, 2.24) is 9.97 Å². The zero-order valence-corrected chi connectivity index (χ0v) is 18.0. The fraction of sp³-hybridized carbons (Fsp3) is 0.174. The summed E-state index contributed by atoms with van der Waals surface area (Å²) in [5.74, 6) is 0.616. The van der Waals surface area contributed by atoms with E-state index in [1.165, 1.54) is 0 Å². The van der Waals surface area contributed by atoms with E-state index in [-0.39, 0.29) is 11.4 Å². The van der Waals surface area contributed by atoms with E-state index < -0.39 is 11.9 Å². The van der Waals surface area contributed by atoms with Crippen molar-refractivity contribution >= 4 is 35.5 Å². The van der Waals surface area contributed by atoms with E-state index in [1.807, 2.05) is 54.6 Å². The fourth-order valence-corrected chi connectivity index (χ4v) is 3.95. The minimum atomic E-state index is -0.518. The molecule has 0 amide bonds. The Kier molecular flexibility index (Phi) is 5.73. The average Bonchev–Trinajstić information content (AvgIpc) is 2.78. The van der Waals surface area contributed by atoms with Gasteiger partial charge >= 0.3 is 5.97 Å². The first-order valence-corrected chi connectivity index (χ1v) is 10.2. The molecule has 1 unspecified atom stereocenters. The van der Waals surface area contributed by atoms with Crippen LogP contribution in [0.1, 0.15) is 29.5 Å². The summed E-state index contributed by atoms with van der Waals surface area (Å²) in [6, 6.07) is 17.1. The molecule has 0 radical (unpaired) electrons. The maximum atomic E-state index is 13.2. The Morgan fingerprint density at radius 3 is 2.52 bits per heavy atom. The van der Waals surface area contributed by atoms with Gasteiger partial charge in [-0.25, -0.2) is 9.78 Å². The molecule has 8 heteroatoms. The number of fused-ring (bicyclic) bond motifs is 1. The van der Waals surface area contributed by atoms with Gasteiger partial charge < -0.3 is 25.5 Å². The molecule has 0 saturated heterocycles. The largest absolute Gasteiger partial charge is 0.497 e. The molecule has 31 heavy (non-hydrogen) atoms. The summed E-state index contributed by atoms with van der Waals surface area (Å²) < 4.78 is 11.0. The standard InChI is InChI=1S/C23H22N4O3S/c1-3-30-22(28)17-16(13-9-11-15(29-2)12-10-13)18-20(24)26-23(31)27-21(18)25-19(17)14-7-5-4-6-8-14/h4-12,16H,3H2,1-2H3,(H4,24,25,26,27,31). The number of carbonyl (C=O) groups excluding carboxylic acids is 1. The van der Waals surface area contributed by atoms with Gasteiger partial charge in [0.2, 0.25) is 0 Å². The summed E-state index contributed by atoms with van der Waals surface area (Å²) in [7, 11) is 1.61. The number of aromatic amines is 1. The number of esters is 1. The van der Waals surface area contributed by atoms with Crippen LogP contribution in [0.5, 0.6) is 5.75 Å². The zero-order valence-electron chi connectivity index (χ0n) is 17.1. The van der Waals surface area contributed by atoms with Crippen LogP contribution in [-0.4, -0.2) is 29.7 Å². The Morgan fingerprint density at radius 2 is 1.87 bits per heavy atom. The van der Waals surface area contributed by atoms with E-state index in [4.69, 9.17) is 27.4 Å². The van der Waals surface area contributed by atoms with Gasteiger partial charge in [-0.3, -0.25) is 0 Å². The summed E-state index contributed by atoms with van der Waals surface area (Å²) in [5, 5.41) is 3.28. The Morgan fingerprint density at radius 1 is 1.16 bits per heavy atom. The van der Waals surface area contributed by atoms with Crippen LogP contribution in [0.4, 0.5) is 11.6 Å². The van der Waals surface area contributed by atoms with Crippen molar-refractivity contribution in [3.05, 3.63) is 81.6 Å². The fourth-order valence-electron chi connectivity index (χ4n) is 3.75. The van der Waals surface area contributed by atoms with Gasteiger partial charge in [-0.15, -0.1) is 0 Å². The normalized spacial score (nSPS) is 15.1. The first-order chi connectivity index (χ1) is 15.0. The molecule has 4 rings (SSSR count). The van der Waals surface area contributed by atoms with E-state index in [9.17, 15) is 4.79 Å². The molecular weight excluding hydrogens is 412 g/mol. The van der Waals surface area contributed by atoms with Crippen LogP contribution >= 0.6 is 12.2 Å². The van der Waals surface area contributed by atoms with Crippen LogP contribution in [0.15, 0.2) is 60.2 Å². The second kappa shape index (κ2) is 8.61. The molecule has 1 atom stereocenters. The molecule has 0 aliphatic carbocycles. The van der Waals surface area contributed by atoms with E-state index in [2.05, 4.69) is 15.3 Å². The molecule has 0 saturated carbocycles. The average molecular weight is 435 g/mol. The number of methoxy groups -OCH3 is 1. The molecule has 2 heterocycles. The first-order valence-electron chi connectivity index (χ1n) is 9.80. The van der Waals surface area contributed by atoms with Gasteiger partial charge in [0.1, 0.15) is 17.4 Å². The molecule has 1 aliphatic rings. The van der Waals surface area contributed by atoms with E-state index in [0.717, 1.165) is 11.1 Å². The van der Waals surface area contributed by atoms with Crippen LogP contribution < -0.4 is 15.8 Å². The van der Waals surface area contributed by atoms with Crippen molar-refractivity contribution in [1.29, 1.82) is 0 Å². The highest BCUT2D eigenvalue weighted by Gasteiger charge is 2.37. The smallest absolute Gasteiger partial charge is 0.337 e. The summed E-state index contributed by atoms with van der Waals surface area (Å²) in [6.45, 7) is 2.03. The van der Waals surface area contributed by atoms with Gasteiger partial charge in [-0.1, -0.05) is 42.5 Å². The Labute approximate surface area is 184 Å². The lowest BCUT2D eigenvalue weighted by molar-refractivity contribution is -0.138. The number of benzene rings is 2. The third-order valence-electron chi connectivity index (χ3n) is 5.10. The summed E-state index contributed by atoms with van der Waals surface area (Å²) in [4.78, 5) is 20.6. The van der Waals surface area contributed by atoms with E-state index in [0.29, 0.717) is 34.2 Å². The summed E-state index contributed by atoms with van der Waals surface area (Å²) >= 11 is 5.24. The Bertz CT molecular complexity index is 1200. The minimum absolute atomic E-state index is 0.248. The van der Waals surface area contributed by atoms with Crippen LogP contribution in [0.2, 0.25) is 0 Å². The number of nitrogens with two attached hydrogens (primary N) is 1. The third kappa shape index (κ3) is 3.89. The molecule has 0 spiro atoms. The second-order valence-electron chi connectivity index (χ2n) is 6.92. The molecular formula is C23H22N4O3S. The summed E-state index contributed by atoms with van der Waals surface area (Å²) in [5.41, 5.74) is 9.72. The SMILES string of the molecule is CCOC(=O)C1=C(c2ccccc2)Nc2nc(=S)[nH]c(N)c2C1c1ccc(OC)cc1. The lowest BCUT2D eigenvalue weighted by Crippen LogP contribution is -2.27. The number of hydrogen-bond donors (Lipinski definition) is 3. The van der Waals surface area contributed by atoms with Crippen LogP contribution in [-0.2, 0) is 9.53 Å². The molecule has 0 fully saturated rings. The molecule has 0 bridgehead atoms. The van der Waals surface area contributed by atoms with Crippen molar-refractivity contribution < 1.29 is 14.3 Å². The highest BCUT2D eigenvalue weighted by atomic mass is 32.1. The molecule has 4 N–H and O–H groups in total. The molecule has 3 aromatic rings. The number of hydrogen-bond acceptors (Lipinski definition) is 7. The van der Waals surface area contributed by atoms with Crippen LogP contribution in [0.25, 0.3) is 5.70 Å². The Hall–Kier alpha value is -3.65. The summed E-state index contributed by atoms with van der Waals surface area (Å²) in [6.07, 6.45) is 0. The highest BCUT2D eigenvalue weighted by molar-refractivity contribution is 7.71. The third-order valence-corrected chi connectivity index (χ3v) is 5.29. The van der Waals surface area contributed by atoms with Gasteiger partial charge in [-0.2, -0.15) is 0 Å². The van der Waals surface area contributed by atoms with Gasteiger partial charge in [0.25, 0.3) is 0 Å². The first kappa shape index (κ1) is 20.6. The second-order valence-corrected chi connectivity index (χ2v) is 7.31. The van der Waals surface area contributed by atoms with Crippen molar-refractivity contribution in [2.24, 2.45) is 0 Å². The quantitative estimate of drug-likeness (QED) is 0.407. The number of nitrogens with one attached hydrogen (secondary N) is 2. The molecule has 1 aromatic heterocycles. The number of nitrogen functional groups attached to an aromatic ring is 1. The number of nitrogens with zero attached hydrogens (tertiary/aromatic N) is 1. The lowest BCUT2D eigenvalue weighted by atomic mass is 9.80. The maximum absolute atomic E-state index is 13.2. The van der Waals surface area contributed by atoms with Gasteiger partial charge in [0, 0.05) is 5.56 Å². The lowest BCUT2D eigenvalue weighted by Gasteiger charge is -2.31. The number of ether oxygens (including phenoxy) is 2. The Balaban J connectivity index is 2.03. The number of anilines is 2. The predicted octanol–water partition coefficient (Wildman–Crippen LogP) is 4.26. The molecule has 1 aliphatic heterocycles. The maximum Gasteiger partial charge on any atom is 0.337 e. The van der Waals surface area contributed by atoms with Crippen molar-refractivity contribution in [3.63, 3.8) is 0 Å². The van der Waals surface area contributed by atoms with Gasteiger partial charge in [-0.05, 0) is 42.4 Å². The number of carbonyl (C=O) groups is 1. The van der Waals surface area contributed by atoms with Crippen molar-refractivity contribution in [2.45, 2.75) is 12.8 Å². The zero-order chi connectivity index (χ0) is 22.0. The molecule has 2 aromatic carbocycles. The van der Waals surface area contributed by atoms with Crippen molar-refractivity contribution in [3.8, 4) is 5.75 Å². The number of rotatable bonds is 5. The van der Waals surface area contributed by atoms with Gasteiger partial charge in [0.05, 0.1) is 30.9 Å². The minimum Gasteiger partial charge on any atom is -0.497 e. The number of H-pyrrole nitrogens is 1. The van der Waals surface area contributed by atoms with Crippen molar-refractivity contribution in [2.75, 3.05) is 24.8 Å². The topological polar surface area (TPSA) is 102 Å². The molecule has 158 valence electrons. The van der Waals surface area contributed by atoms with Crippen LogP contribution in [0, 0.1) is 4.77 Å². The molecule has 7 nitrogen and oxygen atoms in total. The predicted molar refractivity (Wildman–Crippen MR) is 122 cm³/mol. The van der Waals surface area contributed by atoms with Gasteiger partial charge in [0.15, 0.2) is 4.77 Å². The van der Waals surface area contributed by atoms with Crippen LogP contribution in [0.3, 0.4) is 0 Å². The van der Waals surface area contributed by atoms with E-state index in [1.54, 1.807) is 14.0 Å².